The molecule has 3 aromatic rings. The third kappa shape index (κ3) is 7.34. The van der Waals surface area contributed by atoms with Gasteiger partial charge in [-0.05, 0) is 91.1 Å². The summed E-state index contributed by atoms with van der Waals surface area (Å²) in [5.74, 6) is -2.45. The quantitative estimate of drug-likeness (QED) is 0.222. The highest BCUT2D eigenvalue weighted by molar-refractivity contribution is 8.22. The van der Waals surface area contributed by atoms with Gasteiger partial charge >= 0.3 is 5.97 Å². The Labute approximate surface area is 243 Å². The number of carbonyl (C=O) groups is 1. The number of benzene rings is 3. The van der Waals surface area contributed by atoms with Crippen molar-refractivity contribution in [2.24, 2.45) is 11.7 Å². The number of nitrogens with zero attached hydrogens (tertiary/aromatic N) is 1. The van der Waals surface area contributed by atoms with Gasteiger partial charge < -0.3 is 10.5 Å². The second kappa shape index (κ2) is 13.4. The van der Waals surface area contributed by atoms with E-state index < -0.39 is 34.3 Å². The summed E-state index contributed by atoms with van der Waals surface area (Å²) in [5.41, 5.74) is 10.4. The van der Waals surface area contributed by atoms with E-state index in [2.05, 4.69) is 13.0 Å². The summed E-state index contributed by atoms with van der Waals surface area (Å²) in [4.78, 5) is 13.1. The largest absolute Gasteiger partial charge is 0.466 e. The molecule has 9 heteroatoms. The van der Waals surface area contributed by atoms with Crippen LogP contribution >= 0.6 is 10.8 Å². The standard InChI is InChI=1S/C32H40F2N2O4S/c1-4-40-32(37)18-29(28-11-10-27(33)17-30(28)34)24-9-7-22(3)26(16-24)20-36-19-21(2)14-25-15-23(6-5-13-35)8-12-31(25)41(36,38)39/h7-12,15-17,21,29,38-39H,4-6,13-14,18-20,35H2,1-3H3. The number of rotatable bonds is 10. The van der Waals surface area contributed by atoms with Crippen molar-refractivity contribution in [3.63, 3.8) is 0 Å². The summed E-state index contributed by atoms with van der Waals surface area (Å²) in [5, 5.41) is 0. The molecule has 0 saturated carbocycles. The van der Waals surface area contributed by atoms with Crippen LogP contribution in [0.2, 0.25) is 0 Å². The molecule has 0 aromatic heterocycles. The lowest BCUT2D eigenvalue weighted by molar-refractivity contribution is -0.143. The molecule has 6 nitrogen and oxygen atoms in total. The van der Waals surface area contributed by atoms with Gasteiger partial charge in [0.15, 0.2) is 0 Å². The van der Waals surface area contributed by atoms with Crippen LogP contribution in [0.15, 0.2) is 59.5 Å². The molecule has 0 amide bonds. The number of ether oxygens (including phenoxy) is 1. The molecule has 0 spiro atoms. The smallest absolute Gasteiger partial charge is 0.306 e. The summed E-state index contributed by atoms with van der Waals surface area (Å²) in [6.45, 7) is 7.25. The average Bonchev–Trinajstić information content (AvgIpc) is 3.00. The van der Waals surface area contributed by atoms with E-state index in [1.807, 2.05) is 37.3 Å². The third-order valence-electron chi connectivity index (χ3n) is 7.67. The predicted octanol–water partition coefficient (Wildman–Crippen LogP) is 6.97. The second-order valence-electron chi connectivity index (χ2n) is 10.9. The molecule has 41 heavy (non-hydrogen) atoms. The number of hydrogen-bond donors (Lipinski definition) is 3. The highest BCUT2D eigenvalue weighted by Crippen LogP contribution is 2.56. The van der Waals surface area contributed by atoms with Crippen molar-refractivity contribution in [2.75, 3.05) is 19.7 Å². The van der Waals surface area contributed by atoms with Crippen LogP contribution in [0.5, 0.6) is 0 Å². The molecule has 2 atom stereocenters. The lowest BCUT2D eigenvalue weighted by Gasteiger charge is -2.43. The monoisotopic (exact) mass is 586 g/mol. The molecule has 4 N–H and O–H groups in total. The molecular weight excluding hydrogens is 546 g/mol. The van der Waals surface area contributed by atoms with Crippen molar-refractivity contribution in [1.29, 1.82) is 0 Å². The molecule has 0 radical (unpaired) electrons. The topological polar surface area (TPSA) is 96.0 Å². The van der Waals surface area contributed by atoms with Crippen molar-refractivity contribution in [3.05, 3.63) is 99.6 Å². The fourth-order valence-electron chi connectivity index (χ4n) is 5.55. The van der Waals surface area contributed by atoms with Gasteiger partial charge in [0.1, 0.15) is 11.6 Å². The normalized spacial score (nSPS) is 18.3. The van der Waals surface area contributed by atoms with Gasteiger partial charge in [-0.3, -0.25) is 13.9 Å². The van der Waals surface area contributed by atoms with Crippen LogP contribution in [-0.2, 0) is 28.9 Å². The number of nitrogens with two attached hydrogens (primary N) is 1. The number of carbonyl (C=O) groups excluding carboxylic acids is 1. The Bertz CT molecular complexity index is 1380. The maximum Gasteiger partial charge on any atom is 0.306 e. The zero-order valence-corrected chi connectivity index (χ0v) is 24.7. The number of aryl methyl sites for hydroxylation is 2. The van der Waals surface area contributed by atoms with E-state index in [9.17, 15) is 22.7 Å². The first-order valence-electron chi connectivity index (χ1n) is 14.1. The van der Waals surface area contributed by atoms with Gasteiger partial charge in [-0.1, -0.05) is 43.3 Å². The summed E-state index contributed by atoms with van der Waals surface area (Å²) in [6, 6.07) is 14.8. The van der Waals surface area contributed by atoms with Crippen LogP contribution in [0, 0.1) is 24.5 Å². The van der Waals surface area contributed by atoms with Crippen LogP contribution in [0.4, 0.5) is 8.78 Å². The number of halogens is 2. The zero-order valence-electron chi connectivity index (χ0n) is 23.9. The molecule has 0 fully saturated rings. The Morgan fingerprint density at radius 3 is 2.63 bits per heavy atom. The highest BCUT2D eigenvalue weighted by Gasteiger charge is 2.33. The number of hydrogen-bond acceptors (Lipinski definition) is 6. The van der Waals surface area contributed by atoms with E-state index in [-0.39, 0.29) is 31.1 Å². The van der Waals surface area contributed by atoms with Gasteiger partial charge in [0.25, 0.3) is 0 Å². The Morgan fingerprint density at radius 2 is 1.93 bits per heavy atom. The van der Waals surface area contributed by atoms with Gasteiger partial charge in [-0.2, -0.15) is 4.31 Å². The first-order chi connectivity index (χ1) is 19.5. The Hall–Kier alpha value is -2.82. The van der Waals surface area contributed by atoms with Crippen LogP contribution in [0.25, 0.3) is 0 Å². The van der Waals surface area contributed by atoms with Crippen molar-refractivity contribution in [1.82, 2.24) is 4.31 Å². The fraction of sp³-hybridized carbons (Fsp3) is 0.406. The van der Waals surface area contributed by atoms with Crippen LogP contribution < -0.4 is 5.73 Å². The molecule has 1 heterocycles. The molecule has 222 valence electrons. The van der Waals surface area contributed by atoms with Gasteiger partial charge in [0.2, 0.25) is 0 Å². The number of esters is 1. The van der Waals surface area contributed by atoms with Gasteiger partial charge in [0, 0.05) is 25.1 Å². The van der Waals surface area contributed by atoms with E-state index in [0.29, 0.717) is 23.5 Å². The van der Waals surface area contributed by atoms with E-state index in [1.54, 1.807) is 11.2 Å². The minimum absolute atomic E-state index is 0.116. The summed E-state index contributed by atoms with van der Waals surface area (Å²) >= 11 is 0. The first-order valence-corrected chi connectivity index (χ1v) is 15.6. The van der Waals surface area contributed by atoms with E-state index >= 15 is 0 Å². The molecule has 3 aromatic carbocycles. The first kappa shape index (κ1) is 31.1. The van der Waals surface area contributed by atoms with E-state index in [1.165, 1.54) is 12.1 Å². The summed E-state index contributed by atoms with van der Waals surface area (Å²) in [7, 11) is -3.29. The minimum atomic E-state index is -3.29. The Balaban J connectivity index is 1.69. The Kier molecular flexibility index (Phi) is 10.2. The van der Waals surface area contributed by atoms with Crippen molar-refractivity contribution >= 4 is 16.7 Å². The summed E-state index contributed by atoms with van der Waals surface area (Å²) < 4.78 is 58.7. The van der Waals surface area contributed by atoms with Gasteiger partial charge in [0.05, 0.1) is 17.9 Å². The number of fused-ring (bicyclic) bond motifs is 1. The lowest BCUT2D eigenvalue weighted by atomic mass is 9.86. The van der Waals surface area contributed by atoms with Crippen LogP contribution in [-0.4, -0.2) is 39.1 Å². The SMILES string of the molecule is CCOC(=O)CC(c1ccc(C)c(CN2CC(C)Cc3cc(CCCN)ccc3S2(O)O)c1)c1ccc(F)cc1F. The highest BCUT2D eigenvalue weighted by atomic mass is 32.3. The molecular formula is C32H40F2N2O4S. The maximum absolute atomic E-state index is 14.9. The summed E-state index contributed by atoms with van der Waals surface area (Å²) in [6.07, 6.45) is 2.32. The van der Waals surface area contributed by atoms with Gasteiger partial charge in [-0.25, -0.2) is 8.78 Å². The third-order valence-corrected chi connectivity index (χ3v) is 9.66. The van der Waals surface area contributed by atoms with Crippen LogP contribution in [0.1, 0.15) is 66.0 Å². The molecule has 4 rings (SSSR count). The maximum atomic E-state index is 14.9. The zero-order chi connectivity index (χ0) is 29.7. The van der Waals surface area contributed by atoms with Gasteiger partial charge in [-0.15, -0.1) is 10.8 Å². The van der Waals surface area contributed by atoms with Crippen molar-refractivity contribution in [2.45, 2.75) is 63.8 Å². The van der Waals surface area contributed by atoms with E-state index in [4.69, 9.17) is 10.5 Å². The Morgan fingerprint density at radius 1 is 1.15 bits per heavy atom. The molecule has 1 aliphatic rings. The van der Waals surface area contributed by atoms with Crippen molar-refractivity contribution < 1.29 is 27.4 Å². The predicted molar refractivity (Wildman–Crippen MR) is 159 cm³/mol. The molecule has 1 aliphatic heterocycles. The molecule has 2 unspecified atom stereocenters. The van der Waals surface area contributed by atoms with Crippen LogP contribution in [0.3, 0.4) is 0 Å². The second-order valence-corrected chi connectivity index (χ2v) is 12.9. The fourth-order valence-corrected chi connectivity index (χ4v) is 7.36. The molecule has 0 aliphatic carbocycles. The van der Waals surface area contributed by atoms with E-state index in [0.717, 1.165) is 47.6 Å². The lowest BCUT2D eigenvalue weighted by Crippen LogP contribution is -2.30. The molecule has 0 bridgehead atoms. The van der Waals surface area contributed by atoms with Crippen molar-refractivity contribution in [3.8, 4) is 0 Å². The molecule has 0 saturated heterocycles. The average molecular weight is 587 g/mol. The minimum Gasteiger partial charge on any atom is -0.466 e.